The van der Waals surface area contributed by atoms with Gasteiger partial charge in [-0.05, 0) is 18.4 Å². The van der Waals surface area contributed by atoms with Crippen molar-refractivity contribution in [1.29, 1.82) is 0 Å². The lowest BCUT2D eigenvalue weighted by Crippen LogP contribution is -2.26. The third kappa shape index (κ3) is 4.56. The molecule has 0 atom stereocenters. The SMILES string of the molecule is O=C(Cc1cc(-c2ccccc2)on1)NCCCc1ccccc1. The van der Waals surface area contributed by atoms with Gasteiger partial charge in [-0.15, -0.1) is 0 Å². The predicted octanol–water partition coefficient (Wildman–Crippen LogP) is 3.63. The monoisotopic (exact) mass is 320 g/mol. The van der Waals surface area contributed by atoms with Crippen LogP contribution in [0.15, 0.2) is 71.3 Å². The van der Waals surface area contributed by atoms with E-state index in [2.05, 4.69) is 22.6 Å². The van der Waals surface area contributed by atoms with Gasteiger partial charge in [-0.2, -0.15) is 0 Å². The number of amides is 1. The van der Waals surface area contributed by atoms with Gasteiger partial charge >= 0.3 is 0 Å². The second kappa shape index (κ2) is 8.11. The molecule has 24 heavy (non-hydrogen) atoms. The van der Waals surface area contributed by atoms with Gasteiger partial charge in [-0.25, -0.2) is 0 Å². The summed E-state index contributed by atoms with van der Waals surface area (Å²) in [6.07, 6.45) is 2.12. The predicted molar refractivity (Wildman–Crippen MR) is 93.4 cm³/mol. The van der Waals surface area contributed by atoms with Crippen molar-refractivity contribution in [3.63, 3.8) is 0 Å². The minimum absolute atomic E-state index is 0.0315. The van der Waals surface area contributed by atoms with Gasteiger partial charge in [0.15, 0.2) is 5.76 Å². The molecule has 0 saturated carbocycles. The molecule has 0 bridgehead atoms. The summed E-state index contributed by atoms with van der Waals surface area (Å²) in [6.45, 7) is 0.664. The van der Waals surface area contributed by atoms with Gasteiger partial charge in [0.05, 0.1) is 12.1 Å². The average molecular weight is 320 g/mol. The quantitative estimate of drug-likeness (QED) is 0.676. The highest BCUT2D eigenvalue weighted by Gasteiger charge is 2.10. The fraction of sp³-hybridized carbons (Fsp3) is 0.200. The van der Waals surface area contributed by atoms with Crippen LogP contribution in [0.5, 0.6) is 0 Å². The van der Waals surface area contributed by atoms with Crippen LogP contribution in [-0.2, 0) is 17.6 Å². The number of hydrogen-bond donors (Lipinski definition) is 1. The molecule has 0 unspecified atom stereocenters. The van der Waals surface area contributed by atoms with Crippen LogP contribution in [0.3, 0.4) is 0 Å². The minimum Gasteiger partial charge on any atom is -0.356 e. The number of hydrogen-bond acceptors (Lipinski definition) is 3. The molecule has 0 aliphatic heterocycles. The summed E-state index contributed by atoms with van der Waals surface area (Å²) in [5.41, 5.74) is 2.89. The molecule has 1 heterocycles. The van der Waals surface area contributed by atoms with E-state index in [-0.39, 0.29) is 12.3 Å². The molecule has 0 spiro atoms. The first-order chi connectivity index (χ1) is 11.8. The molecule has 0 fully saturated rings. The van der Waals surface area contributed by atoms with Gasteiger partial charge in [0.1, 0.15) is 0 Å². The van der Waals surface area contributed by atoms with Crippen molar-refractivity contribution in [2.24, 2.45) is 0 Å². The summed E-state index contributed by atoms with van der Waals surface area (Å²) >= 11 is 0. The van der Waals surface area contributed by atoms with E-state index < -0.39 is 0 Å². The van der Waals surface area contributed by atoms with Crippen LogP contribution in [-0.4, -0.2) is 17.6 Å². The van der Waals surface area contributed by atoms with Crippen molar-refractivity contribution < 1.29 is 9.32 Å². The van der Waals surface area contributed by atoms with Crippen molar-refractivity contribution in [3.8, 4) is 11.3 Å². The Labute approximate surface area is 141 Å². The molecule has 0 radical (unpaired) electrons. The first-order valence-corrected chi connectivity index (χ1v) is 8.13. The van der Waals surface area contributed by atoms with Gasteiger partial charge < -0.3 is 9.84 Å². The molecule has 4 heteroatoms. The Bertz CT molecular complexity index is 767. The standard InChI is InChI=1S/C20H20N2O2/c23-20(21-13-7-10-16-8-3-1-4-9-16)15-18-14-19(24-22-18)17-11-5-2-6-12-17/h1-6,8-9,11-12,14H,7,10,13,15H2,(H,21,23). The Morgan fingerprint density at radius 1 is 1.00 bits per heavy atom. The highest BCUT2D eigenvalue weighted by atomic mass is 16.5. The second-order valence-electron chi connectivity index (χ2n) is 5.66. The highest BCUT2D eigenvalue weighted by Crippen LogP contribution is 2.19. The normalized spacial score (nSPS) is 10.5. The van der Waals surface area contributed by atoms with Crippen LogP contribution in [0.1, 0.15) is 17.7 Å². The van der Waals surface area contributed by atoms with Crippen molar-refractivity contribution in [3.05, 3.63) is 78.0 Å². The maximum atomic E-state index is 12.0. The Kier molecular flexibility index (Phi) is 5.40. The molecule has 4 nitrogen and oxygen atoms in total. The largest absolute Gasteiger partial charge is 0.356 e. The Morgan fingerprint density at radius 2 is 1.71 bits per heavy atom. The molecule has 0 aliphatic carbocycles. The number of carbonyl (C=O) groups is 1. The zero-order chi connectivity index (χ0) is 16.6. The zero-order valence-corrected chi connectivity index (χ0v) is 13.4. The molecule has 122 valence electrons. The van der Waals surface area contributed by atoms with Crippen LogP contribution in [0, 0.1) is 0 Å². The fourth-order valence-electron chi connectivity index (χ4n) is 2.53. The van der Waals surface area contributed by atoms with Crippen molar-refractivity contribution in [1.82, 2.24) is 10.5 Å². The van der Waals surface area contributed by atoms with Gasteiger partial charge in [-0.3, -0.25) is 4.79 Å². The van der Waals surface area contributed by atoms with Crippen molar-refractivity contribution in [2.75, 3.05) is 6.54 Å². The molecule has 1 N–H and O–H groups in total. The van der Waals surface area contributed by atoms with E-state index in [1.165, 1.54) is 5.56 Å². The van der Waals surface area contributed by atoms with Gasteiger partial charge in [0, 0.05) is 18.2 Å². The number of aryl methyl sites for hydroxylation is 1. The summed E-state index contributed by atoms with van der Waals surface area (Å²) in [6, 6.07) is 21.8. The number of benzene rings is 2. The Balaban J connectivity index is 1.43. The number of nitrogens with zero attached hydrogens (tertiary/aromatic N) is 1. The lowest BCUT2D eigenvalue weighted by Gasteiger charge is -2.04. The van der Waals surface area contributed by atoms with E-state index in [0.717, 1.165) is 18.4 Å². The van der Waals surface area contributed by atoms with Gasteiger partial charge in [-0.1, -0.05) is 65.8 Å². The number of carbonyl (C=O) groups excluding carboxylic acids is 1. The Morgan fingerprint density at radius 3 is 2.46 bits per heavy atom. The van der Waals surface area contributed by atoms with Crippen molar-refractivity contribution in [2.45, 2.75) is 19.3 Å². The zero-order valence-electron chi connectivity index (χ0n) is 13.4. The summed E-state index contributed by atoms with van der Waals surface area (Å²) in [7, 11) is 0. The third-order valence-corrected chi connectivity index (χ3v) is 3.77. The van der Waals surface area contributed by atoms with Crippen LogP contribution in [0.4, 0.5) is 0 Å². The van der Waals surface area contributed by atoms with E-state index in [9.17, 15) is 4.79 Å². The van der Waals surface area contributed by atoms with E-state index in [1.54, 1.807) is 0 Å². The number of aromatic nitrogens is 1. The maximum absolute atomic E-state index is 12.0. The first kappa shape index (κ1) is 16.0. The average Bonchev–Trinajstić information content (AvgIpc) is 3.09. The molecule has 0 aliphatic rings. The van der Waals surface area contributed by atoms with E-state index in [1.807, 2.05) is 54.6 Å². The molecule has 3 aromatic rings. The topological polar surface area (TPSA) is 55.1 Å². The smallest absolute Gasteiger partial charge is 0.226 e. The molecule has 2 aromatic carbocycles. The van der Waals surface area contributed by atoms with Crippen LogP contribution in [0.2, 0.25) is 0 Å². The van der Waals surface area contributed by atoms with E-state index in [4.69, 9.17) is 4.52 Å². The van der Waals surface area contributed by atoms with E-state index in [0.29, 0.717) is 18.0 Å². The summed E-state index contributed by atoms with van der Waals surface area (Å²) in [5.74, 6) is 0.651. The summed E-state index contributed by atoms with van der Waals surface area (Å²) in [4.78, 5) is 12.0. The van der Waals surface area contributed by atoms with Crippen molar-refractivity contribution >= 4 is 5.91 Å². The van der Waals surface area contributed by atoms with Gasteiger partial charge in [0.2, 0.25) is 5.91 Å². The van der Waals surface area contributed by atoms with Crippen LogP contribution >= 0.6 is 0 Å². The maximum Gasteiger partial charge on any atom is 0.226 e. The fourth-order valence-corrected chi connectivity index (χ4v) is 2.53. The minimum atomic E-state index is -0.0315. The first-order valence-electron chi connectivity index (χ1n) is 8.13. The molecule has 1 aromatic heterocycles. The molecular formula is C20H20N2O2. The Hall–Kier alpha value is -2.88. The van der Waals surface area contributed by atoms with E-state index >= 15 is 0 Å². The highest BCUT2D eigenvalue weighted by molar-refractivity contribution is 5.78. The third-order valence-electron chi connectivity index (χ3n) is 3.77. The lowest BCUT2D eigenvalue weighted by atomic mass is 10.1. The number of rotatable bonds is 7. The molecule has 1 amide bonds. The molecule has 0 saturated heterocycles. The lowest BCUT2D eigenvalue weighted by molar-refractivity contribution is -0.120. The number of nitrogens with one attached hydrogen (secondary N) is 1. The van der Waals surface area contributed by atoms with Crippen LogP contribution in [0.25, 0.3) is 11.3 Å². The summed E-state index contributed by atoms with van der Waals surface area (Å²) in [5, 5.41) is 6.90. The summed E-state index contributed by atoms with van der Waals surface area (Å²) < 4.78 is 5.31. The molecule has 3 rings (SSSR count). The molecular weight excluding hydrogens is 300 g/mol. The second-order valence-corrected chi connectivity index (χ2v) is 5.66. The van der Waals surface area contributed by atoms with Crippen LogP contribution < -0.4 is 5.32 Å². The van der Waals surface area contributed by atoms with Gasteiger partial charge in [0.25, 0.3) is 0 Å².